The summed E-state index contributed by atoms with van der Waals surface area (Å²) < 4.78 is 5.84. The number of aliphatic imine (C=N–C) groups is 1. The summed E-state index contributed by atoms with van der Waals surface area (Å²) in [6, 6.07) is 9.33. The van der Waals surface area contributed by atoms with E-state index in [1.165, 1.54) is 24.3 Å². The number of thiocarbonyl (C=S) groups is 1. The molecule has 1 atom stereocenters. The van der Waals surface area contributed by atoms with Gasteiger partial charge in [-0.3, -0.25) is 0 Å². The molecule has 1 unspecified atom stereocenters. The Kier molecular flexibility index (Phi) is 4.41. The SMILES string of the molecule is O=C(O)c1cc(N=C=S)ccc1C1=C2C=CC(O)C=C2Oc2cc(O)ccc21. The Morgan fingerprint density at radius 2 is 1.96 bits per heavy atom. The summed E-state index contributed by atoms with van der Waals surface area (Å²) in [4.78, 5) is 15.8. The highest BCUT2D eigenvalue weighted by Gasteiger charge is 2.29. The number of aromatic hydroxyl groups is 1. The van der Waals surface area contributed by atoms with Gasteiger partial charge in [-0.15, -0.1) is 0 Å². The molecule has 7 heteroatoms. The zero-order valence-electron chi connectivity index (χ0n) is 14.3. The third-order valence-corrected chi connectivity index (χ3v) is 4.54. The molecule has 0 saturated heterocycles. The lowest BCUT2D eigenvalue weighted by Gasteiger charge is -2.28. The number of carboxylic acids is 1. The van der Waals surface area contributed by atoms with E-state index in [0.29, 0.717) is 39.5 Å². The molecule has 0 amide bonds. The van der Waals surface area contributed by atoms with Gasteiger partial charge in [0.05, 0.1) is 22.5 Å². The van der Waals surface area contributed by atoms with Crippen LogP contribution in [-0.2, 0) is 0 Å². The number of phenolic OH excluding ortho intramolecular Hbond substituents is 1. The second-order valence-corrected chi connectivity index (χ2v) is 6.37. The Balaban J connectivity index is 2.04. The van der Waals surface area contributed by atoms with E-state index in [1.54, 1.807) is 30.4 Å². The second-order valence-electron chi connectivity index (χ2n) is 6.19. The molecule has 28 heavy (non-hydrogen) atoms. The van der Waals surface area contributed by atoms with Crippen LogP contribution >= 0.6 is 12.2 Å². The lowest BCUT2D eigenvalue weighted by molar-refractivity contribution is 0.0696. The number of benzene rings is 2. The predicted octanol–water partition coefficient (Wildman–Crippen LogP) is 3.83. The van der Waals surface area contributed by atoms with E-state index < -0.39 is 12.1 Å². The van der Waals surface area contributed by atoms with Crippen molar-refractivity contribution >= 4 is 34.6 Å². The van der Waals surface area contributed by atoms with Crippen molar-refractivity contribution in [1.29, 1.82) is 0 Å². The smallest absolute Gasteiger partial charge is 0.336 e. The minimum absolute atomic E-state index is 0.0122. The van der Waals surface area contributed by atoms with Gasteiger partial charge >= 0.3 is 5.97 Å². The average molecular weight is 391 g/mol. The molecule has 4 rings (SSSR count). The Labute approximate surface area is 165 Å². The van der Waals surface area contributed by atoms with Crippen LogP contribution in [0.1, 0.15) is 21.5 Å². The van der Waals surface area contributed by atoms with Gasteiger partial charge in [0.25, 0.3) is 0 Å². The molecule has 0 spiro atoms. The Hall–Kier alpha value is -3.51. The number of carbonyl (C=O) groups is 1. The molecule has 0 saturated carbocycles. The number of phenols is 1. The summed E-state index contributed by atoms with van der Waals surface area (Å²) in [5.74, 6) is -0.356. The van der Waals surface area contributed by atoms with Crippen molar-refractivity contribution in [2.45, 2.75) is 6.10 Å². The topological polar surface area (TPSA) is 99.4 Å². The number of ether oxygens (including phenoxy) is 1. The van der Waals surface area contributed by atoms with Crippen molar-refractivity contribution in [3.05, 3.63) is 82.6 Å². The number of isothiocyanates is 1. The summed E-state index contributed by atoms with van der Waals surface area (Å²) in [7, 11) is 0. The summed E-state index contributed by atoms with van der Waals surface area (Å²) in [6.45, 7) is 0. The number of fused-ring (bicyclic) bond motifs is 2. The van der Waals surface area contributed by atoms with Gasteiger partial charge in [0.1, 0.15) is 17.3 Å². The molecule has 0 radical (unpaired) electrons. The lowest BCUT2D eigenvalue weighted by Crippen LogP contribution is -2.16. The van der Waals surface area contributed by atoms with Crippen LogP contribution in [-0.4, -0.2) is 32.6 Å². The monoisotopic (exact) mass is 391 g/mol. The molecule has 2 aromatic rings. The number of aromatic carboxylic acids is 1. The number of hydrogen-bond acceptors (Lipinski definition) is 6. The third kappa shape index (κ3) is 3.04. The zero-order chi connectivity index (χ0) is 19.8. The Bertz CT molecular complexity index is 1160. The minimum Gasteiger partial charge on any atom is -0.508 e. The number of aliphatic hydroxyl groups excluding tert-OH is 1. The maximum Gasteiger partial charge on any atom is 0.336 e. The molecule has 0 aromatic heterocycles. The van der Waals surface area contributed by atoms with E-state index in [9.17, 15) is 20.1 Å². The normalized spacial score (nSPS) is 17.0. The molecule has 2 aromatic carbocycles. The maximum atomic E-state index is 11.9. The molecule has 6 nitrogen and oxygen atoms in total. The zero-order valence-corrected chi connectivity index (χ0v) is 15.1. The van der Waals surface area contributed by atoms with Crippen molar-refractivity contribution in [2.24, 2.45) is 4.99 Å². The van der Waals surface area contributed by atoms with Gasteiger partial charge in [0, 0.05) is 22.8 Å². The third-order valence-electron chi connectivity index (χ3n) is 4.45. The molecule has 138 valence electrons. The van der Waals surface area contributed by atoms with Gasteiger partial charge in [-0.2, -0.15) is 4.99 Å². The highest BCUT2D eigenvalue weighted by molar-refractivity contribution is 7.78. The molecule has 0 fully saturated rings. The van der Waals surface area contributed by atoms with Crippen molar-refractivity contribution < 1.29 is 24.9 Å². The number of nitrogens with zero attached hydrogens (tertiary/aromatic N) is 1. The standard InChI is InChI=1S/C21H13NO5S/c23-12-2-5-15-18(8-12)27-19-9-13(24)3-6-16(19)20(15)14-4-1-11(22-10-28)7-17(14)21(25)26/h1-9,12,23-24H,(H,25,26). The van der Waals surface area contributed by atoms with Gasteiger partial charge in [0.2, 0.25) is 0 Å². The van der Waals surface area contributed by atoms with Crippen LogP contribution in [0.5, 0.6) is 11.5 Å². The number of hydrogen-bond donors (Lipinski definition) is 3. The molecule has 1 heterocycles. The van der Waals surface area contributed by atoms with E-state index in [0.717, 1.165) is 0 Å². The van der Waals surface area contributed by atoms with Crippen LogP contribution in [0, 0.1) is 0 Å². The first-order valence-corrected chi connectivity index (χ1v) is 8.68. The van der Waals surface area contributed by atoms with Crippen molar-refractivity contribution in [2.75, 3.05) is 0 Å². The number of allylic oxidation sites excluding steroid dienone is 1. The van der Waals surface area contributed by atoms with Gasteiger partial charge in [-0.1, -0.05) is 18.2 Å². The fraction of sp³-hybridized carbons (Fsp3) is 0.0476. The summed E-state index contributed by atoms with van der Waals surface area (Å²) in [5, 5.41) is 31.7. The van der Waals surface area contributed by atoms with E-state index >= 15 is 0 Å². The first-order valence-electron chi connectivity index (χ1n) is 8.27. The van der Waals surface area contributed by atoms with E-state index in [2.05, 4.69) is 22.4 Å². The van der Waals surface area contributed by atoms with Crippen molar-refractivity contribution in [3.8, 4) is 11.5 Å². The van der Waals surface area contributed by atoms with Gasteiger partial charge < -0.3 is 20.1 Å². The van der Waals surface area contributed by atoms with Crippen molar-refractivity contribution in [1.82, 2.24) is 0 Å². The van der Waals surface area contributed by atoms with Crippen molar-refractivity contribution in [3.63, 3.8) is 0 Å². The van der Waals surface area contributed by atoms with E-state index in [-0.39, 0.29) is 11.3 Å². The largest absolute Gasteiger partial charge is 0.508 e. The van der Waals surface area contributed by atoms with Crippen LogP contribution in [0.15, 0.2) is 71.0 Å². The molecule has 1 aliphatic carbocycles. The first-order chi connectivity index (χ1) is 13.5. The number of rotatable bonds is 3. The molecule has 1 aliphatic heterocycles. The fourth-order valence-electron chi connectivity index (χ4n) is 3.28. The predicted molar refractivity (Wildman–Crippen MR) is 106 cm³/mol. The van der Waals surface area contributed by atoms with E-state index in [1.807, 2.05) is 0 Å². The number of carboxylic acid groups (broad SMARTS) is 1. The maximum absolute atomic E-state index is 11.9. The highest BCUT2D eigenvalue weighted by Crippen LogP contribution is 2.45. The molecule has 2 aliphatic rings. The van der Waals surface area contributed by atoms with Gasteiger partial charge in [-0.25, -0.2) is 4.79 Å². The fourth-order valence-corrected chi connectivity index (χ4v) is 3.38. The van der Waals surface area contributed by atoms with Crippen LogP contribution in [0.25, 0.3) is 5.57 Å². The molecular weight excluding hydrogens is 378 g/mol. The summed E-state index contributed by atoms with van der Waals surface area (Å²) >= 11 is 4.60. The molecule has 3 N–H and O–H groups in total. The average Bonchev–Trinajstić information content (AvgIpc) is 2.66. The van der Waals surface area contributed by atoms with Gasteiger partial charge in [0.15, 0.2) is 0 Å². The van der Waals surface area contributed by atoms with E-state index in [4.69, 9.17) is 4.74 Å². The highest BCUT2D eigenvalue weighted by atomic mass is 32.1. The molecular formula is C21H13NO5S. The lowest BCUT2D eigenvalue weighted by atomic mass is 9.85. The minimum atomic E-state index is -1.12. The summed E-state index contributed by atoms with van der Waals surface area (Å²) in [5.41, 5.74) is 2.74. The Morgan fingerprint density at radius 1 is 1.18 bits per heavy atom. The summed E-state index contributed by atoms with van der Waals surface area (Å²) in [6.07, 6.45) is 3.98. The molecule has 0 bridgehead atoms. The van der Waals surface area contributed by atoms with Gasteiger partial charge in [-0.05, 0) is 48.1 Å². The Morgan fingerprint density at radius 3 is 2.71 bits per heavy atom. The van der Waals surface area contributed by atoms with Crippen LogP contribution < -0.4 is 4.74 Å². The first kappa shape index (κ1) is 17.9. The second kappa shape index (κ2) is 6.90. The van der Waals surface area contributed by atoms with Crippen LogP contribution in [0.4, 0.5) is 5.69 Å². The van der Waals surface area contributed by atoms with Crippen LogP contribution in [0.2, 0.25) is 0 Å². The number of aliphatic hydroxyl groups is 1. The van der Waals surface area contributed by atoms with Crippen LogP contribution in [0.3, 0.4) is 0 Å². The quantitative estimate of drug-likeness (QED) is 0.543.